The number of rotatable bonds is 5. The van der Waals surface area contributed by atoms with Crippen molar-refractivity contribution >= 4 is 0 Å². The Morgan fingerprint density at radius 3 is 2.72 bits per heavy atom. The normalized spacial score (nSPS) is 19.1. The van der Waals surface area contributed by atoms with E-state index in [1.807, 2.05) is 12.3 Å². The van der Waals surface area contributed by atoms with E-state index >= 15 is 0 Å². The number of piperidine rings is 1. The lowest BCUT2D eigenvalue weighted by atomic mass is 9.90. The van der Waals surface area contributed by atoms with Crippen LogP contribution in [0.3, 0.4) is 0 Å². The summed E-state index contributed by atoms with van der Waals surface area (Å²) in [7, 11) is 0. The first kappa shape index (κ1) is 17.9. The third-order valence-corrected chi connectivity index (χ3v) is 4.88. The fraction of sp³-hybridized carbons (Fsp3) is 0.450. The van der Waals surface area contributed by atoms with Crippen molar-refractivity contribution in [2.75, 3.05) is 13.1 Å². The van der Waals surface area contributed by atoms with Gasteiger partial charge < -0.3 is 0 Å². The van der Waals surface area contributed by atoms with Crippen LogP contribution in [-0.4, -0.2) is 23.0 Å². The van der Waals surface area contributed by atoms with Crippen molar-refractivity contribution in [3.05, 3.63) is 65.5 Å². The topological polar surface area (TPSA) is 16.1 Å². The van der Waals surface area contributed by atoms with Gasteiger partial charge in [-0.25, -0.2) is 0 Å². The Kier molecular flexibility index (Phi) is 5.74. The summed E-state index contributed by atoms with van der Waals surface area (Å²) in [6.07, 6.45) is 2.86. The summed E-state index contributed by atoms with van der Waals surface area (Å²) in [5.74, 6) is 0.451. The number of likely N-dealkylation sites (tertiary alicyclic amines) is 1. The van der Waals surface area contributed by atoms with Crippen LogP contribution in [-0.2, 0) is 19.1 Å². The van der Waals surface area contributed by atoms with Crippen LogP contribution in [0.5, 0.6) is 0 Å². The van der Waals surface area contributed by atoms with Crippen LogP contribution in [0.15, 0.2) is 48.8 Å². The Balaban J connectivity index is 1.57. The van der Waals surface area contributed by atoms with E-state index in [2.05, 4.69) is 16.0 Å². The molecule has 1 aromatic carbocycles. The Hall–Kier alpha value is -1.88. The molecule has 2 aromatic rings. The highest BCUT2D eigenvalue weighted by molar-refractivity contribution is 5.29. The van der Waals surface area contributed by atoms with E-state index in [0.29, 0.717) is 17.9 Å². The average Bonchev–Trinajstić information content (AvgIpc) is 2.61. The number of benzene rings is 1. The van der Waals surface area contributed by atoms with Crippen molar-refractivity contribution in [1.82, 2.24) is 9.88 Å². The van der Waals surface area contributed by atoms with Crippen LogP contribution >= 0.6 is 0 Å². The van der Waals surface area contributed by atoms with Gasteiger partial charge >= 0.3 is 6.18 Å². The molecule has 25 heavy (non-hydrogen) atoms. The van der Waals surface area contributed by atoms with Gasteiger partial charge in [-0.3, -0.25) is 9.88 Å². The fourth-order valence-corrected chi connectivity index (χ4v) is 3.65. The first-order valence-electron chi connectivity index (χ1n) is 8.79. The van der Waals surface area contributed by atoms with E-state index in [-0.39, 0.29) is 0 Å². The van der Waals surface area contributed by atoms with Crippen LogP contribution in [0.1, 0.15) is 36.0 Å². The van der Waals surface area contributed by atoms with E-state index in [1.165, 1.54) is 17.7 Å². The van der Waals surface area contributed by atoms with Crippen molar-refractivity contribution in [3.8, 4) is 0 Å². The van der Waals surface area contributed by atoms with Gasteiger partial charge in [0.1, 0.15) is 0 Å². The molecule has 1 saturated heterocycles. The molecule has 134 valence electrons. The number of pyridine rings is 1. The lowest BCUT2D eigenvalue weighted by Crippen LogP contribution is -2.35. The number of aryl methyl sites for hydroxylation is 1. The summed E-state index contributed by atoms with van der Waals surface area (Å²) >= 11 is 0. The van der Waals surface area contributed by atoms with Gasteiger partial charge in [0.25, 0.3) is 0 Å². The lowest BCUT2D eigenvalue weighted by Gasteiger charge is -2.33. The molecule has 1 atom stereocenters. The zero-order chi connectivity index (χ0) is 17.7. The molecule has 1 aliphatic rings. The van der Waals surface area contributed by atoms with E-state index in [4.69, 9.17) is 0 Å². The van der Waals surface area contributed by atoms with Crippen molar-refractivity contribution in [3.63, 3.8) is 0 Å². The van der Waals surface area contributed by atoms with E-state index < -0.39 is 11.7 Å². The number of hydrogen-bond donors (Lipinski definition) is 0. The van der Waals surface area contributed by atoms with Gasteiger partial charge in [-0.1, -0.05) is 24.3 Å². The van der Waals surface area contributed by atoms with Crippen LogP contribution in [0.2, 0.25) is 0 Å². The van der Waals surface area contributed by atoms with Gasteiger partial charge in [0.15, 0.2) is 0 Å². The van der Waals surface area contributed by atoms with Gasteiger partial charge in [-0.05, 0) is 61.4 Å². The lowest BCUT2D eigenvalue weighted by molar-refractivity contribution is -0.138. The summed E-state index contributed by atoms with van der Waals surface area (Å²) in [5.41, 5.74) is 1.11. The quantitative estimate of drug-likeness (QED) is 0.760. The number of alkyl halides is 3. The van der Waals surface area contributed by atoms with Crippen molar-refractivity contribution in [2.45, 2.75) is 38.4 Å². The molecule has 1 aromatic heterocycles. The van der Waals surface area contributed by atoms with E-state index in [9.17, 15) is 13.2 Å². The fourth-order valence-electron chi connectivity index (χ4n) is 3.65. The molecular weight excluding hydrogens is 325 g/mol. The maximum atomic E-state index is 13.1. The molecule has 1 aliphatic heterocycles. The number of aromatic nitrogens is 1. The first-order chi connectivity index (χ1) is 12.0. The van der Waals surface area contributed by atoms with Gasteiger partial charge in [0, 0.05) is 25.5 Å². The average molecular weight is 348 g/mol. The molecule has 5 heteroatoms. The summed E-state index contributed by atoms with van der Waals surface area (Å²) in [5, 5.41) is 0. The minimum absolute atomic E-state index is 0.416. The van der Waals surface area contributed by atoms with Gasteiger partial charge in [0.05, 0.1) is 5.56 Å². The highest BCUT2D eigenvalue weighted by Crippen LogP contribution is 2.33. The first-order valence-corrected chi connectivity index (χ1v) is 8.79. The number of halogens is 3. The summed E-state index contributed by atoms with van der Waals surface area (Å²) in [6.45, 7) is 2.86. The van der Waals surface area contributed by atoms with Crippen molar-refractivity contribution in [1.29, 1.82) is 0 Å². The monoisotopic (exact) mass is 348 g/mol. The Labute approximate surface area is 146 Å². The van der Waals surface area contributed by atoms with Gasteiger partial charge in [-0.15, -0.1) is 0 Å². The molecule has 0 spiro atoms. The third-order valence-electron chi connectivity index (χ3n) is 4.88. The predicted molar refractivity (Wildman–Crippen MR) is 92.0 cm³/mol. The van der Waals surface area contributed by atoms with Crippen LogP contribution in [0.25, 0.3) is 0 Å². The van der Waals surface area contributed by atoms with Crippen molar-refractivity contribution in [2.24, 2.45) is 5.92 Å². The zero-order valence-electron chi connectivity index (χ0n) is 14.2. The van der Waals surface area contributed by atoms with Gasteiger partial charge in [-0.2, -0.15) is 13.2 Å². The number of hydrogen-bond acceptors (Lipinski definition) is 2. The summed E-state index contributed by atoms with van der Waals surface area (Å²) < 4.78 is 39.3. The Bertz CT molecular complexity index is 670. The predicted octanol–water partition coefficient (Wildman–Crippen LogP) is 4.95. The van der Waals surface area contributed by atoms with Crippen LogP contribution < -0.4 is 0 Å². The molecule has 0 radical (unpaired) electrons. The molecular formula is C20H23F3N2. The molecule has 2 nitrogen and oxygen atoms in total. The maximum Gasteiger partial charge on any atom is 0.416 e. The minimum atomic E-state index is -4.27. The zero-order valence-corrected chi connectivity index (χ0v) is 14.2. The summed E-state index contributed by atoms with van der Waals surface area (Å²) in [4.78, 5) is 6.53. The third kappa shape index (κ3) is 5.05. The Morgan fingerprint density at radius 1 is 1.12 bits per heavy atom. The molecule has 0 aliphatic carbocycles. The second-order valence-corrected chi connectivity index (χ2v) is 6.80. The molecule has 1 unspecified atom stereocenters. The Morgan fingerprint density at radius 2 is 1.96 bits per heavy atom. The maximum absolute atomic E-state index is 13.1. The largest absolute Gasteiger partial charge is 0.416 e. The highest BCUT2D eigenvalue weighted by Gasteiger charge is 2.33. The summed E-state index contributed by atoms with van der Waals surface area (Å²) in [6, 6.07) is 9.95. The molecule has 3 rings (SSSR count). The molecule has 0 amide bonds. The molecule has 2 heterocycles. The van der Waals surface area contributed by atoms with Crippen LogP contribution in [0, 0.1) is 5.92 Å². The second-order valence-electron chi connectivity index (χ2n) is 6.80. The standard InChI is InChI=1S/C20H23F3N2/c21-20(22,23)19-8-2-1-7-18(19)10-9-16-6-4-12-25(14-16)15-17-5-3-11-24-13-17/h1-3,5,7-8,11,13,16H,4,6,9-10,12,14-15H2. The molecule has 0 bridgehead atoms. The minimum Gasteiger partial charge on any atom is -0.299 e. The highest BCUT2D eigenvalue weighted by atomic mass is 19.4. The van der Waals surface area contributed by atoms with Crippen molar-refractivity contribution < 1.29 is 13.2 Å². The molecule has 0 N–H and O–H groups in total. The molecule has 1 fully saturated rings. The van der Waals surface area contributed by atoms with Gasteiger partial charge in [0.2, 0.25) is 0 Å². The second kappa shape index (κ2) is 8.00. The van der Waals surface area contributed by atoms with E-state index in [0.717, 1.165) is 38.9 Å². The van der Waals surface area contributed by atoms with Crippen LogP contribution in [0.4, 0.5) is 13.2 Å². The number of nitrogens with zero attached hydrogens (tertiary/aromatic N) is 2. The molecule has 0 saturated carbocycles. The SMILES string of the molecule is FC(F)(F)c1ccccc1CCC1CCCN(Cc2cccnc2)C1. The smallest absolute Gasteiger partial charge is 0.299 e. The van der Waals surface area contributed by atoms with E-state index in [1.54, 1.807) is 18.3 Å².